The molecule has 1 aliphatic rings. The molecule has 2 rings (SSSR count). The monoisotopic (exact) mass is 379 g/mol. The molecule has 8 nitrogen and oxygen atoms in total. The number of nitrogens with zero attached hydrogens (tertiary/aromatic N) is 1. The van der Waals surface area contributed by atoms with Crippen molar-refractivity contribution in [3.05, 3.63) is 30.1 Å². The number of esters is 1. The molecular weight excluding hydrogens is 357 g/mol. The van der Waals surface area contributed by atoms with Crippen molar-refractivity contribution in [1.82, 2.24) is 10.6 Å². The largest absolute Gasteiger partial charge is 0.455 e. The molecule has 1 aliphatic heterocycles. The molecule has 1 saturated heterocycles. The number of urea groups is 1. The van der Waals surface area contributed by atoms with E-state index in [0.717, 1.165) is 0 Å². The van der Waals surface area contributed by atoms with Gasteiger partial charge in [-0.15, -0.1) is 0 Å². The van der Waals surface area contributed by atoms with Gasteiger partial charge in [0.1, 0.15) is 5.82 Å². The van der Waals surface area contributed by atoms with Crippen molar-refractivity contribution in [1.29, 1.82) is 0 Å². The van der Waals surface area contributed by atoms with Crippen LogP contribution >= 0.6 is 0 Å². The molecule has 0 aliphatic carbocycles. The van der Waals surface area contributed by atoms with Crippen LogP contribution in [0.2, 0.25) is 0 Å². The van der Waals surface area contributed by atoms with Crippen LogP contribution < -0.4 is 15.5 Å². The second-order valence-electron chi connectivity index (χ2n) is 6.30. The Labute approximate surface area is 156 Å². The van der Waals surface area contributed by atoms with Gasteiger partial charge in [0.25, 0.3) is 5.91 Å². The van der Waals surface area contributed by atoms with Gasteiger partial charge in [-0.1, -0.05) is 19.1 Å². The molecule has 0 radical (unpaired) electrons. The molecule has 0 bridgehead atoms. The first-order valence-electron chi connectivity index (χ1n) is 8.63. The van der Waals surface area contributed by atoms with Crippen LogP contribution in [0.15, 0.2) is 24.3 Å². The highest BCUT2D eigenvalue weighted by atomic mass is 19.1. The first-order valence-corrected chi connectivity index (χ1v) is 8.63. The Kier molecular flexibility index (Phi) is 6.86. The zero-order chi connectivity index (χ0) is 20.0. The summed E-state index contributed by atoms with van der Waals surface area (Å²) in [4.78, 5) is 48.5. The lowest BCUT2D eigenvalue weighted by molar-refractivity contribution is -0.152. The zero-order valence-electron chi connectivity index (χ0n) is 15.2. The molecule has 2 N–H and O–H groups in total. The maximum atomic E-state index is 13.8. The van der Waals surface area contributed by atoms with E-state index >= 15 is 0 Å². The fraction of sp³-hybridized carbons (Fsp3) is 0.444. The number of rotatable bonds is 6. The number of nitrogens with one attached hydrogen (secondary N) is 2. The standard InChI is InChI=1S/C18H22FN3O5/c1-3-11(2)20-18(26)21-15(23)10-27-17(25)12-8-16(24)22(9-12)14-7-5-4-6-13(14)19/h4-7,11-12H,3,8-10H2,1-2H3,(H2,20,21,23,26)/t11-,12+/m0/s1. The number of carbonyl (C=O) groups is 4. The van der Waals surface area contributed by atoms with E-state index < -0.39 is 42.2 Å². The van der Waals surface area contributed by atoms with E-state index in [2.05, 4.69) is 5.32 Å². The van der Waals surface area contributed by atoms with E-state index in [-0.39, 0.29) is 24.7 Å². The van der Waals surface area contributed by atoms with E-state index in [9.17, 15) is 23.6 Å². The Hall–Kier alpha value is -2.97. The third kappa shape index (κ3) is 5.50. The molecular formula is C18H22FN3O5. The van der Waals surface area contributed by atoms with Gasteiger partial charge in [0.2, 0.25) is 5.91 Å². The van der Waals surface area contributed by atoms with E-state index in [4.69, 9.17) is 4.74 Å². The highest BCUT2D eigenvalue weighted by Crippen LogP contribution is 2.27. The minimum atomic E-state index is -0.807. The zero-order valence-corrected chi connectivity index (χ0v) is 15.2. The van der Waals surface area contributed by atoms with Crippen molar-refractivity contribution in [3.63, 3.8) is 0 Å². The minimum absolute atomic E-state index is 0.0330. The molecule has 1 fully saturated rings. The van der Waals surface area contributed by atoms with Gasteiger partial charge in [-0.3, -0.25) is 19.7 Å². The van der Waals surface area contributed by atoms with Crippen LogP contribution in [0.3, 0.4) is 0 Å². The van der Waals surface area contributed by atoms with Crippen LogP contribution in [0.5, 0.6) is 0 Å². The highest BCUT2D eigenvalue weighted by Gasteiger charge is 2.37. The van der Waals surface area contributed by atoms with Gasteiger partial charge in [0.15, 0.2) is 6.61 Å². The second-order valence-corrected chi connectivity index (χ2v) is 6.30. The molecule has 0 saturated carbocycles. The second kappa shape index (κ2) is 9.11. The predicted molar refractivity (Wildman–Crippen MR) is 94.2 cm³/mol. The van der Waals surface area contributed by atoms with E-state index in [1.807, 2.05) is 12.2 Å². The molecule has 0 aromatic heterocycles. The smallest absolute Gasteiger partial charge is 0.321 e. The van der Waals surface area contributed by atoms with Crippen molar-refractivity contribution in [3.8, 4) is 0 Å². The van der Waals surface area contributed by atoms with Gasteiger partial charge in [-0.2, -0.15) is 0 Å². The molecule has 1 aromatic carbocycles. The van der Waals surface area contributed by atoms with E-state index in [1.54, 1.807) is 13.0 Å². The first kappa shape index (κ1) is 20.3. The summed E-state index contributed by atoms with van der Waals surface area (Å²) in [6, 6.07) is 4.99. The number of amides is 4. The molecule has 27 heavy (non-hydrogen) atoms. The lowest BCUT2D eigenvalue weighted by Crippen LogP contribution is -2.44. The average molecular weight is 379 g/mol. The van der Waals surface area contributed by atoms with Crippen LogP contribution in [-0.4, -0.2) is 43.0 Å². The lowest BCUT2D eigenvalue weighted by atomic mass is 10.1. The van der Waals surface area contributed by atoms with Gasteiger partial charge < -0.3 is 15.0 Å². The van der Waals surface area contributed by atoms with Gasteiger partial charge >= 0.3 is 12.0 Å². The number of benzene rings is 1. The Morgan fingerprint density at radius 3 is 2.70 bits per heavy atom. The first-order chi connectivity index (χ1) is 12.8. The van der Waals surface area contributed by atoms with Crippen molar-refractivity contribution in [2.45, 2.75) is 32.7 Å². The van der Waals surface area contributed by atoms with Crippen LogP contribution in [0, 0.1) is 11.7 Å². The van der Waals surface area contributed by atoms with Crippen molar-refractivity contribution < 1.29 is 28.3 Å². The molecule has 9 heteroatoms. The topological polar surface area (TPSA) is 105 Å². The third-order valence-corrected chi connectivity index (χ3v) is 4.19. The summed E-state index contributed by atoms with van der Waals surface area (Å²) in [7, 11) is 0. The Morgan fingerprint density at radius 2 is 2.04 bits per heavy atom. The summed E-state index contributed by atoms with van der Waals surface area (Å²) in [5.74, 6) is -3.30. The number of anilines is 1. The van der Waals surface area contributed by atoms with Crippen molar-refractivity contribution in [2.24, 2.45) is 5.92 Å². The lowest BCUT2D eigenvalue weighted by Gasteiger charge is -2.17. The van der Waals surface area contributed by atoms with E-state index in [1.165, 1.54) is 23.1 Å². The van der Waals surface area contributed by atoms with Crippen molar-refractivity contribution in [2.75, 3.05) is 18.1 Å². The molecule has 146 valence electrons. The number of hydrogen-bond donors (Lipinski definition) is 2. The van der Waals surface area contributed by atoms with Gasteiger partial charge in [-0.05, 0) is 25.5 Å². The maximum Gasteiger partial charge on any atom is 0.321 e. The van der Waals surface area contributed by atoms with Gasteiger partial charge in [0.05, 0.1) is 11.6 Å². The summed E-state index contributed by atoms with van der Waals surface area (Å²) in [6.45, 7) is 2.98. The average Bonchev–Trinajstić information content (AvgIpc) is 3.01. The molecule has 1 heterocycles. The summed E-state index contributed by atoms with van der Waals surface area (Å²) in [5, 5.41) is 4.59. The van der Waals surface area contributed by atoms with Crippen molar-refractivity contribution >= 4 is 29.5 Å². The summed E-state index contributed by atoms with van der Waals surface area (Å²) in [5.41, 5.74) is 0.0947. The molecule has 0 unspecified atom stereocenters. The highest BCUT2D eigenvalue weighted by molar-refractivity contribution is 6.00. The molecule has 2 atom stereocenters. The fourth-order valence-corrected chi connectivity index (χ4v) is 2.55. The number of para-hydroxylation sites is 1. The molecule has 1 aromatic rings. The van der Waals surface area contributed by atoms with Crippen LogP contribution in [-0.2, 0) is 19.1 Å². The SMILES string of the molecule is CC[C@H](C)NC(=O)NC(=O)COC(=O)[C@@H]1CC(=O)N(c2ccccc2F)C1. The Balaban J connectivity index is 1.83. The van der Waals surface area contributed by atoms with Gasteiger partial charge in [0, 0.05) is 19.0 Å². The van der Waals surface area contributed by atoms with Crippen LogP contribution in [0.1, 0.15) is 26.7 Å². The summed E-state index contributed by atoms with van der Waals surface area (Å²) >= 11 is 0. The number of hydrogen-bond acceptors (Lipinski definition) is 5. The number of imide groups is 1. The predicted octanol–water partition coefficient (Wildman–Crippen LogP) is 1.35. The number of carbonyl (C=O) groups excluding carboxylic acids is 4. The number of ether oxygens (including phenoxy) is 1. The van der Waals surface area contributed by atoms with Crippen LogP contribution in [0.25, 0.3) is 0 Å². The molecule has 0 spiro atoms. The summed E-state index contributed by atoms with van der Waals surface area (Å²) in [6.07, 6.45) is 0.564. The van der Waals surface area contributed by atoms with Crippen LogP contribution in [0.4, 0.5) is 14.9 Å². The number of halogens is 1. The van der Waals surface area contributed by atoms with Gasteiger partial charge in [-0.25, -0.2) is 9.18 Å². The van der Waals surface area contributed by atoms with E-state index in [0.29, 0.717) is 6.42 Å². The normalized spacial score (nSPS) is 17.4. The molecule has 4 amide bonds. The fourth-order valence-electron chi connectivity index (χ4n) is 2.55. The summed E-state index contributed by atoms with van der Waals surface area (Å²) < 4.78 is 18.7. The minimum Gasteiger partial charge on any atom is -0.455 e. The Bertz CT molecular complexity index is 739. The Morgan fingerprint density at radius 1 is 1.33 bits per heavy atom. The maximum absolute atomic E-state index is 13.8. The third-order valence-electron chi connectivity index (χ3n) is 4.19. The quantitative estimate of drug-likeness (QED) is 0.726.